The third-order valence-electron chi connectivity index (χ3n) is 3.57. The van der Waals surface area contributed by atoms with Crippen LogP contribution in [0.1, 0.15) is 30.6 Å². The molecule has 2 aromatic rings. The van der Waals surface area contributed by atoms with Gasteiger partial charge >= 0.3 is 0 Å². The van der Waals surface area contributed by atoms with Crippen molar-refractivity contribution >= 4 is 17.5 Å². The van der Waals surface area contributed by atoms with Crippen molar-refractivity contribution in [1.82, 2.24) is 5.32 Å². The van der Waals surface area contributed by atoms with E-state index in [-0.39, 0.29) is 24.8 Å². The minimum absolute atomic E-state index is 0.113. The lowest BCUT2D eigenvalue weighted by Crippen LogP contribution is -2.29. The highest BCUT2D eigenvalue weighted by Gasteiger charge is 2.10. The molecule has 1 atom stereocenters. The van der Waals surface area contributed by atoms with E-state index in [2.05, 4.69) is 10.6 Å². The average molecular weight is 326 g/mol. The summed E-state index contributed by atoms with van der Waals surface area (Å²) in [5.74, 6) is -0.318. The number of carbonyl (C=O) groups excluding carboxylic acids is 2. The first-order chi connectivity index (χ1) is 11.6. The highest BCUT2D eigenvalue weighted by atomic mass is 16.3. The molecule has 5 nitrogen and oxygen atoms in total. The van der Waals surface area contributed by atoms with Gasteiger partial charge in [0.1, 0.15) is 0 Å². The van der Waals surface area contributed by atoms with Crippen LogP contribution in [0, 0.1) is 0 Å². The zero-order chi connectivity index (χ0) is 17.4. The molecule has 0 bridgehead atoms. The fourth-order valence-corrected chi connectivity index (χ4v) is 2.35. The van der Waals surface area contributed by atoms with Crippen LogP contribution in [0.4, 0.5) is 5.69 Å². The number of aliphatic hydroxyl groups excluding tert-OH is 1. The molecule has 1 unspecified atom stereocenters. The minimum atomic E-state index is -0.660. The monoisotopic (exact) mass is 326 g/mol. The zero-order valence-corrected chi connectivity index (χ0v) is 13.7. The summed E-state index contributed by atoms with van der Waals surface area (Å²) >= 11 is 0. The summed E-state index contributed by atoms with van der Waals surface area (Å²) in [7, 11) is 0. The Morgan fingerprint density at radius 1 is 1.00 bits per heavy atom. The summed E-state index contributed by atoms with van der Waals surface area (Å²) in [4.78, 5) is 23.8. The van der Waals surface area contributed by atoms with E-state index in [1.54, 1.807) is 25.1 Å². The minimum Gasteiger partial charge on any atom is -0.389 e. The number of para-hydroxylation sites is 1. The van der Waals surface area contributed by atoms with Gasteiger partial charge in [-0.25, -0.2) is 0 Å². The Morgan fingerprint density at radius 2 is 1.67 bits per heavy atom. The van der Waals surface area contributed by atoms with Crippen molar-refractivity contribution in [3.63, 3.8) is 0 Å². The Kier molecular flexibility index (Phi) is 6.51. The summed E-state index contributed by atoms with van der Waals surface area (Å²) in [5, 5.41) is 15.2. The number of rotatable bonds is 7. The van der Waals surface area contributed by atoms with Crippen molar-refractivity contribution < 1.29 is 14.7 Å². The van der Waals surface area contributed by atoms with Crippen molar-refractivity contribution in [3.8, 4) is 0 Å². The van der Waals surface area contributed by atoms with E-state index in [1.165, 1.54) is 0 Å². The number of benzene rings is 2. The van der Waals surface area contributed by atoms with Crippen LogP contribution in [0.25, 0.3) is 0 Å². The molecular formula is C19H22N2O3. The molecule has 0 radical (unpaired) electrons. The van der Waals surface area contributed by atoms with E-state index >= 15 is 0 Å². The van der Waals surface area contributed by atoms with Crippen molar-refractivity contribution in [2.45, 2.75) is 25.9 Å². The van der Waals surface area contributed by atoms with E-state index in [4.69, 9.17) is 0 Å². The van der Waals surface area contributed by atoms with Gasteiger partial charge in [0.25, 0.3) is 0 Å². The molecule has 0 fully saturated rings. The first-order valence-corrected chi connectivity index (χ1v) is 7.93. The Bertz CT molecular complexity index is 684. The van der Waals surface area contributed by atoms with Crippen LogP contribution in [0.5, 0.6) is 0 Å². The van der Waals surface area contributed by atoms with Crippen LogP contribution in [0.15, 0.2) is 54.6 Å². The molecular weight excluding hydrogens is 304 g/mol. The van der Waals surface area contributed by atoms with Crippen LogP contribution in [0.2, 0.25) is 0 Å². The summed E-state index contributed by atoms with van der Waals surface area (Å²) < 4.78 is 0. The predicted octanol–water partition coefficient (Wildman–Crippen LogP) is 2.43. The number of anilines is 1. The Hall–Kier alpha value is -2.66. The van der Waals surface area contributed by atoms with Gasteiger partial charge in [-0.3, -0.25) is 9.59 Å². The Morgan fingerprint density at radius 3 is 2.38 bits per heavy atom. The maximum Gasteiger partial charge on any atom is 0.226 e. The van der Waals surface area contributed by atoms with E-state index in [0.717, 1.165) is 5.56 Å². The first-order valence-electron chi connectivity index (χ1n) is 7.93. The quantitative estimate of drug-likeness (QED) is 0.731. The molecule has 0 aromatic heterocycles. The smallest absolute Gasteiger partial charge is 0.226 e. The fraction of sp³-hybridized carbons (Fsp3) is 0.263. The van der Waals surface area contributed by atoms with Gasteiger partial charge in [-0.05, 0) is 18.6 Å². The van der Waals surface area contributed by atoms with Gasteiger partial charge in [-0.2, -0.15) is 0 Å². The largest absolute Gasteiger partial charge is 0.389 e. The lowest BCUT2D eigenvalue weighted by molar-refractivity contribution is -0.120. The summed E-state index contributed by atoms with van der Waals surface area (Å²) in [6.07, 6.45) is -0.186. The molecule has 126 valence electrons. The van der Waals surface area contributed by atoms with Crippen molar-refractivity contribution in [2.75, 3.05) is 11.9 Å². The zero-order valence-electron chi connectivity index (χ0n) is 13.7. The van der Waals surface area contributed by atoms with Crippen molar-refractivity contribution in [2.24, 2.45) is 0 Å². The second-order valence-electron chi connectivity index (χ2n) is 5.57. The second kappa shape index (κ2) is 8.84. The molecule has 3 N–H and O–H groups in total. The predicted molar refractivity (Wildman–Crippen MR) is 93.5 cm³/mol. The molecule has 5 heteroatoms. The number of hydrogen-bond donors (Lipinski definition) is 3. The van der Waals surface area contributed by atoms with Crippen LogP contribution < -0.4 is 10.6 Å². The lowest BCUT2D eigenvalue weighted by Gasteiger charge is -2.13. The molecule has 0 heterocycles. The van der Waals surface area contributed by atoms with Gasteiger partial charge in [-0.1, -0.05) is 48.5 Å². The third kappa shape index (κ3) is 5.52. The van der Waals surface area contributed by atoms with Gasteiger partial charge in [0.15, 0.2) is 0 Å². The van der Waals surface area contributed by atoms with Crippen LogP contribution in [0.3, 0.4) is 0 Å². The van der Waals surface area contributed by atoms with Gasteiger partial charge in [0.2, 0.25) is 11.8 Å². The number of nitrogens with one attached hydrogen (secondary N) is 2. The molecule has 0 spiro atoms. The van der Waals surface area contributed by atoms with Gasteiger partial charge in [0, 0.05) is 24.2 Å². The highest BCUT2D eigenvalue weighted by Crippen LogP contribution is 2.22. The van der Waals surface area contributed by atoms with Gasteiger partial charge in [0.05, 0.1) is 12.5 Å². The van der Waals surface area contributed by atoms with E-state index in [9.17, 15) is 14.7 Å². The van der Waals surface area contributed by atoms with Gasteiger partial charge < -0.3 is 15.7 Å². The molecule has 24 heavy (non-hydrogen) atoms. The number of amides is 2. The average Bonchev–Trinajstić information content (AvgIpc) is 2.56. The molecule has 0 aliphatic heterocycles. The molecule has 0 saturated heterocycles. The summed E-state index contributed by atoms with van der Waals surface area (Å²) in [6, 6.07) is 16.6. The Balaban J connectivity index is 1.77. The van der Waals surface area contributed by atoms with Crippen molar-refractivity contribution in [1.29, 1.82) is 0 Å². The van der Waals surface area contributed by atoms with Crippen LogP contribution >= 0.6 is 0 Å². The van der Waals surface area contributed by atoms with E-state index < -0.39 is 6.10 Å². The third-order valence-corrected chi connectivity index (χ3v) is 3.57. The molecule has 0 aliphatic carbocycles. The number of aliphatic hydroxyl groups is 1. The Labute approximate surface area is 141 Å². The standard InChI is InChI=1S/C19H22N2O3/c1-14(22)16-9-5-6-10-17(16)21-18(23)11-12-20-19(24)13-15-7-3-2-4-8-15/h2-10,14,22H,11-13H2,1H3,(H,20,24)(H,21,23). The van der Waals surface area contributed by atoms with Crippen LogP contribution in [-0.4, -0.2) is 23.5 Å². The molecule has 0 aliphatic rings. The molecule has 2 rings (SSSR count). The number of hydrogen-bond acceptors (Lipinski definition) is 3. The number of carbonyl (C=O) groups is 2. The van der Waals surface area contributed by atoms with Crippen molar-refractivity contribution in [3.05, 3.63) is 65.7 Å². The normalized spacial score (nSPS) is 11.6. The van der Waals surface area contributed by atoms with E-state index in [1.807, 2.05) is 36.4 Å². The maximum absolute atomic E-state index is 12.0. The van der Waals surface area contributed by atoms with Crippen LogP contribution in [-0.2, 0) is 16.0 Å². The fourth-order valence-electron chi connectivity index (χ4n) is 2.35. The van der Waals surface area contributed by atoms with Gasteiger partial charge in [-0.15, -0.1) is 0 Å². The second-order valence-corrected chi connectivity index (χ2v) is 5.57. The molecule has 2 aromatic carbocycles. The topological polar surface area (TPSA) is 78.4 Å². The lowest BCUT2D eigenvalue weighted by atomic mass is 10.1. The highest BCUT2D eigenvalue weighted by molar-refractivity contribution is 5.92. The SMILES string of the molecule is CC(O)c1ccccc1NC(=O)CCNC(=O)Cc1ccccc1. The summed E-state index contributed by atoms with van der Waals surface area (Å²) in [6.45, 7) is 1.92. The summed E-state index contributed by atoms with van der Waals surface area (Å²) in [5.41, 5.74) is 2.19. The van der Waals surface area contributed by atoms with E-state index in [0.29, 0.717) is 17.7 Å². The molecule has 0 saturated carbocycles. The maximum atomic E-state index is 12.0. The molecule has 2 amide bonds. The first kappa shape index (κ1) is 17.7.